The average molecular weight is 342 g/mol. The molecule has 0 spiro atoms. The molecule has 2 heterocycles. The topological polar surface area (TPSA) is 12.0 Å². The van der Waals surface area contributed by atoms with E-state index in [9.17, 15) is 0 Å². The second-order valence-corrected chi connectivity index (χ2v) is 7.47. The van der Waals surface area contributed by atoms with Gasteiger partial charge in [-0.15, -0.1) is 22.7 Å². The number of likely N-dealkylation sites (N-methyl/N-ethyl adjacent to an activating group) is 1. The van der Waals surface area contributed by atoms with Gasteiger partial charge in [-0.2, -0.15) is 0 Å². The standard InChI is InChI=1S/C15H13Cl2NS2/c1-18-12(7-9-2-3-10(16)11(17)6-9)14-8-15-13(20-14)4-5-19-15/h2-6,8,12,18H,7H2,1H3. The molecule has 20 heavy (non-hydrogen) atoms. The molecule has 1 nitrogen and oxygen atoms in total. The first kappa shape index (κ1) is 14.4. The fourth-order valence-corrected chi connectivity index (χ4v) is 4.75. The summed E-state index contributed by atoms with van der Waals surface area (Å²) >= 11 is 15.7. The molecular weight excluding hydrogens is 329 g/mol. The van der Waals surface area contributed by atoms with Gasteiger partial charge in [0.15, 0.2) is 0 Å². The van der Waals surface area contributed by atoms with Crippen molar-refractivity contribution in [2.24, 2.45) is 0 Å². The van der Waals surface area contributed by atoms with Crippen molar-refractivity contribution in [3.8, 4) is 0 Å². The average Bonchev–Trinajstić information content (AvgIpc) is 3.01. The monoisotopic (exact) mass is 341 g/mol. The summed E-state index contributed by atoms with van der Waals surface area (Å²) < 4.78 is 2.72. The fraction of sp³-hybridized carbons (Fsp3) is 0.200. The molecule has 0 amide bonds. The summed E-state index contributed by atoms with van der Waals surface area (Å²) in [6, 6.07) is 10.6. The van der Waals surface area contributed by atoms with E-state index in [1.54, 1.807) is 11.3 Å². The Morgan fingerprint density at radius 2 is 1.95 bits per heavy atom. The van der Waals surface area contributed by atoms with Crippen molar-refractivity contribution < 1.29 is 0 Å². The van der Waals surface area contributed by atoms with E-state index in [1.807, 2.05) is 36.6 Å². The number of halogens is 2. The van der Waals surface area contributed by atoms with Crippen LogP contribution in [0, 0.1) is 0 Å². The molecule has 0 aliphatic carbocycles. The number of fused-ring (bicyclic) bond motifs is 1. The summed E-state index contributed by atoms with van der Waals surface area (Å²) in [5.74, 6) is 0. The van der Waals surface area contributed by atoms with Crippen LogP contribution in [-0.2, 0) is 6.42 Å². The molecule has 0 aliphatic rings. The molecular formula is C15H13Cl2NS2. The third kappa shape index (κ3) is 2.87. The van der Waals surface area contributed by atoms with Crippen molar-refractivity contribution in [1.29, 1.82) is 0 Å². The van der Waals surface area contributed by atoms with E-state index in [-0.39, 0.29) is 0 Å². The van der Waals surface area contributed by atoms with Crippen LogP contribution in [0.5, 0.6) is 0 Å². The smallest absolute Gasteiger partial charge is 0.0595 e. The number of nitrogens with one attached hydrogen (secondary N) is 1. The molecule has 0 bridgehead atoms. The molecule has 1 N–H and O–H groups in total. The highest BCUT2D eigenvalue weighted by molar-refractivity contribution is 7.26. The maximum Gasteiger partial charge on any atom is 0.0595 e. The minimum atomic E-state index is 0.303. The minimum Gasteiger partial charge on any atom is -0.312 e. The second kappa shape index (κ2) is 6.04. The second-order valence-electron chi connectivity index (χ2n) is 4.59. The lowest BCUT2D eigenvalue weighted by molar-refractivity contribution is 0.602. The van der Waals surface area contributed by atoms with E-state index in [0.29, 0.717) is 16.1 Å². The number of rotatable bonds is 4. The van der Waals surface area contributed by atoms with Crippen molar-refractivity contribution in [3.05, 3.63) is 56.2 Å². The largest absolute Gasteiger partial charge is 0.312 e. The number of hydrogen-bond acceptors (Lipinski definition) is 3. The van der Waals surface area contributed by atoms with Gasteiger partial charge >= 0.3 is 0 Å². The van der Waals surface area contributed by atoms with Gasteiger partial charge in [0, 0.05) is 20.3 Å². The van der Waals surface area contributed by atoms with E-state index in [4.69, 9.17) is 23.2 Å². The van der Waals surface area contributed by atoms with Gasteiger partial charge in [-0.05, 0) is 48.7 Å². The predicted molar refractivity (Wildman–Crippen MR) is 91.7 cm³/mol. The maximum atomic E-state index is 6.09. The van der Waals surface area contributed by atoms with E-state index in [1.165, 1.54) is 19.8 Å². The molecule has 1 atom stereocenters. The van der Waals surface area contributed by atoms with Gasteiger partial charge in [0.25, 0.3) is 0 Å². The maximum absolute atomic E-state index is 6.09. The minimum absolute atomic E-state index is 0.303. The van der Waals surface area contributed by atoms with E-state index in [2.05, 4.69) is 22.8 Å². The van der Waals surface area contributed by atoms with Crippen LogP contribution in [0.1, 0.15) is 16.5 Å². The van der Waals surface area contributed by atoms with Crippen LogP contribution in [0.2, 0.25) is 10.0 Å². The Hall–Kier alpha value is -0.580. The molecule has 5 heteroatoms. The highest BCUT2D eigenvalue weighted by Gasteiger charge is 2.14. The third-order valence-corrected chi connectivity index (χ3v) is 6.22. The zero-order valence-corrected chi connectivity index (χ0v) is 14.0. The van der Waals surface area contributed by atoms with Crippen molar-refractivity contribution in [3.63, 3.8) is 0 Å². The van der Waals surface area contributed by atoms with Crippen LogP contribution in [-0.4, -0.2) is 7.05 Å². The summed E-state index contributed by atoms with van der Waals surface area (Å²) in [4.78, 5) is 1.36. The van der Waals surface area contributed by atoms with Gasteiger partial charge in [0.1, 0.15) is 0 Å². The Morgan fingerprint density at radius 1 is 1.10 bits per heavy atom. The molecule has 0 fully saturated rings. The van der Waals surface area contributed by atoms with E-state index >= 15 is 0 Å². The highest BCUT2D eigenvalue weighted by Crippen LogP contribution is 2.35. The number of benzene rings is 1. The first-order valence-electron chi connectivity index (χ1n) is 6.25. The number of hydrogen-bond donors (Lipinski definition) is 1. The van der Waals surface area contributed by atoms with Gasteiger partial charge in [0.05, 0.1) is 10.0 Å². The third-order valence-electron chi connectivity index (χ3n) is 3.27. The van der Waals surface area contributed by atoms with Gasteiger partial charge in [-0.3, -0.25) is 0 Å². The molecule has 1 unspecified atom stereocenters. The molecule has 0 radical (unpaired) electrons. The number of thiophene rings is 2. The summed E-state index contributed by atoms with van der Waals surface area (Å²) in [6.07, 6.45) is 0.904. The van der Waals surface area contributed by atoms with Crippen LogP contribution >= 0.6 is 45.9 Å². The Morgan fingerprint density at radius 3 is 2.65 bits per heavy atom. The van der Waals surface area contributed by atoms with Crippen molar-refractivity contribution in [1.82, 2.24) is 5.32 Å². The van der Waals surface area contributed by atoms with Crippen LogP contribution < -0.4 is 5.32 Å². The molecule has 104 valence electrons. The summed E-state index contributed by atoms with van der Waals surface area (Å²) in [5, 5.41) is 6.75. The zero-order chi connectivity index (χ0) is 14.1. The molecule has 0 saturated carbocycles. The Labute approximate surface area is 136 Å². The molecule has 1 aromatic carbocycles. The summed E-state index contributed by atoms with van der Waals surface area (Å²) in [5.41, 5.74) is 1.19. The van der Waals surface area contributed by atoms with Crippen LogP contribution in [0.15, 0.2) is 35.7 Å². The zero-order valence-electron chi connectivity index (χ0n) is 10.8. The van der Waals surface area contributed by atoms with E-state index < -0.39 is 0 Å². The van der Waals surface area contributed by atoms with Gasteiger partial charge in [0.2, 0.25) is 0 Å². The highest BCUT2D eigenvalue weighted by atomic mass is 35.5. The van der Waals surface area contributed by atoms with E-state index in [0.717, 1.165) is 6.42 Å². The van der Waals surface area contributed by atoms with Gasteiger partial charge in [-0.1, -0.05) is 29.3 Å². The van der Waals surface area contributed by atoms with Crippen molar-refractivity contribution in [2.75, 3.05) is 7.05 Å². The van der Waals surface area contributed by atoms with Gasteiger partial charge in [-0.25, -0.2) is 0 Å². The Kier molecular flexibility index (Phi) is 4.34. The lowest BCUT2D eigenvalue weighted by atomic mass is 10.0. The van der Waals surface area contributed by atoms with Crippen LogP contribution in [0.4, 0.5) is 0 Å². The molecule has 0 aliphatic heterocycles. The summed E-state index contributed by atoms with van der Waals surface area (Å²) in [7, 11) is 2.00. The Bertz CT molecular complexity index is 704. The lowest BCUT2D eigenvalue weighted by Crippen LogP contribution is -2.17. The fourth-order valence-electron chi connectivity index (χ4n) is 2.20. The molecule has 3 aromatic rings. The van der Waals surface area contributed by atoms with Crippen molar-refractivity contribution >= 4 is 55.3 Å². The quantitative estimate of drug-likeness (QED) is 0.634. The van der Waals surface area contributed by atoms with Crippen LogP contribution in [0.25, 0.3) is 9.40 Å². The first-order chi connectivity index (χ1) is 9.67. The molecule has 3 rings (SSSR count). The lowest BCUT2D eigenvalue weighted by Gasteiger charge is -2.15. The Balaban J connectivity index is 1.86. The van der Waals surface area contributed by atoms with Gasteiger partial charge < -0.3 is 5.32 Å². The molecule has 2 aromatic heterocycles. The SMILES string of the molecule is CNC(Cc1ccc(Cl)c(Cl)c1)c1cc2sccc2s1. The van der Waals surface area contributed by atoms with Crippen molar-refractivity contribution in [2.45, 2.75) is 12.5 Å². The molecule has 0 saturated heterocycles. The predicted octanol–water partition coefficient (Wildman–Crippen LogP) is 5.77. The van der Waals surface area contributed by atoms with Crippen LogP contribution in [0.3, 0.4) is 0 Å². The summed E-state index contributed by atoms with van der Waals surface area (Å²) in [6.45, 7) is 0. The first-order valence-corrected chi connectivity index (χ1v) is 8.70. The normalized spacial score (nSPS) is 12.9.